The van der Waals surface area contributed by atoms with Crippen LogP contribution in [-0.2, 0) is 12.8 Å². The Morgan fingerprint density at radius 1 is 0.963 bits per heavy atom. The third-order valence-corrected chi connectivity index (χ3v) is 5.29. The Kier molecular flexibility index (Phi) is 5.65. The van der Waals surface area contributed by atoms with E-state index in [1.807, 2.05) is 18.2 Å². The predicted octanol–water partition coefficient (Wildman–Crippen LogP) is 3.29. The highest BCUT2D eigenvalue weighted by Gasteiger charge is 2.26. The lowest BCUT2D eigenvalue weighted by Gasteiger charge is -2.35. The van der Waals surface area contributed by atoms with Gasteiger partial charge in [-0.2, -0.15) is 0 Å². The second kappa shape index (κ2) is 7.96. The van der Waals surface area contributed by atoms with Gasteiger partial charge >= 0.3 is 0 Å². The molecule has 146 valence electrons. The number of nitrogens with zero attached hydrogens (tertiary/aromatic N) is 1. The molecule has 6 nitrogen and oxygen atoms in total. The number of phenolic OH excluding ortho intramolecular Hbond substituents is 2. The summed E-state index contributed by atoms with van der Waals surface area (Å²) < 4.78 is 15.8. The number of fused-ring (bicyclic) bond motifs is 1. The van der Waals surface area contributed by atoms with Gasteiger partial charge in [-0.3, -0.25) is 4.90 Å². The smallest absolute Gasteiger partial charge is 0.203 e. The average molecular weight is 373 g/mol. The van der Waals surface area contributed by atoms with E-state index in [-0.39, 0.29) is 17.5 Å². The van der Waals surface area contributed by atoms with E-state index in [9.17, 15) is 10.2 Å². The molecular weight excluding hydrogens is 346 g/mol. The molecule has 0 aromatic heterocycles. The Hall–Kier alpha value is -2.60. The molecule has 0 fully saturated rings. The third-order valence-electron chi connectivity index (χ3n) is 5.29. The molecule has 0 amide bonds. The van der Waals surface area contributed by atoms with E-state index in [0.717, 1.165) is 36.9 Å². The molecule has 1 aliphatic heterocycles. The number of ether oxygens (including phenoxy) is 3. The Balaban J connectivity index is 1.85. The zero-order valence-corrected chi connectivity index (χ0v) is 16.3. The van der Waals surface area contributed by atoms with Crippen molar-refractivity contribution in [3.63, 3.8) is 0 Å². The lowest BCUT2D eigenvalue weighted by atomic mass is 9.88. The minimum absolute atomic E-state index is 0.0795. The number of hydrogen-bond donors (Lipinski definition) is 2. The van der Waals surface area contributed by atoms with Crippen LogP contribution in [0.2, 0.25) is 0 Å². The first kappa shape index (κ1) is 19.2. The number of aromatic hydroxyl groups is 2. The maximum Gasteiger partial charge on any atom is 0.203 e. The van der Waals surface area contributed by atoms with E-state index in [4.69, 9.17) is 14.2 Å². The van der Waals surface area contributed by atoms with Gasteiger partial charge in [0, 0.05) is 12.6 Å². The molecule has 0 radical (unpaired) electrons. The van der Waals surface area contributed by atoms with Gasteiger partial charge in [-0.1, -0.05) is 0 Å². The Morgan fingerprint density at radius 2 is 1.70 bits per heavy atom. The summed E-state index contributed by atoms with van der Waals surface area (Å²) in [6.45, 7) is 0.931. The highest BCUT2D eigenvalue weighted by Crippen LogP contribution is 2.41. The summed E-state index contributed by atoms with van der Waals surface area (Å²) in [5.41, 5.74) is 3.33. The summed E-state index contributed by atoms with van der Waals surface area (Å²) in [4.78, 5) is 2.32. The minimum Gasteiger partial charge on any atom is -0.504 e. The van der Waals surface area contributed by atoms with E-state index < -0.39 is 0 Å². The molecule has 2 aromatic carbocycles. The van der Waals surface area contributed by atoms with Crippen LogP contribution in [0.15, 0.2) is 24.3 Å². The second-order valence-corrected chi connectivity index (χ2v) is 6.86. The van der Waals surface area contributed by atoms with Crippen molar-refractivity contribution in [1.82, 2.24) is 4.90 Å². The van der Waals surface area contributed by atoms with E-state index in [0.29, 0.717) is 17.2 Å². The van der Waals surface area contributed by atoms with E-state index >= 15 is 0 Å². The monoisotopic (exact) mass is 373 g/mol. The van der Waals surface area contributed by atoms with Crippen LogP contribution in [0.4, 0.5) is 0 Å². The van der Waals surface area contributed by atoms with Gasteiger partial charge in [0.25, 0.3) is 0 Å². The fourth-order valence-electron chi connectivity index (χ4n) is 3.83. The van der Waals surface area contributed by atoms with Crippen molar-refractivity contribution in [1.29, 1.82) is 0 Å². The highest BCUT2D eigenvalue weighted by molar-refractivity contribution is 5.53. The van der Waals surface area contributed by atoms with Crippen molar-refractivity contribution in [2.45, 2.75) is 25.3 Å². The summed E-state index contributed by atoms with van der Waals surface area (Å²) in [5.74, 6) is 1.64. The van der Waals surface area contributed by atoms with Gasteiger partial charge in [0.1, 0.15) is 0 Å². The number of methoxy groups -OCH3 is 3. The lowest BCUT2D eigenvalue weighted by molar-refractivity contribution is 0.218. The van der Waals surface area contributed by atoms with Gasteiger partial charge in [0.05, 0.1) is 21.3 Å². The van der Waals surface area contributed by atoms with Gasteiger partial charge in [0.15, 0.2) is 23.0 Å². The van der Waals surface area contributed by atoms with Crippen LogP contribution in [-0.4, -0.2) is 50.0 Å². The quantitative estimate of drug-likeness (QED) is 0.810. The van der Waals surface area contributed by atoms with Crippen molar-refractivity contribution in [3.8, 4) is 28.7 Å². The van der Waals surface area contributed by atoms with Gasteiger partial charge < -0.3 is 24.4 Å². The van der Waals surface area contributed by atoms with E-state index in [1.54, 1.807) is 20.3 Å². The fourth-order valence-corrected chi connectivity index (χ4v) is 3.83. The molecule has 3 rings (SSSR count). The van der Waals surface area contributed by atoms with Crippen LogP contribution < -0.4 is 14.2 Å². The first-order chi connectivity index (χ1) is 13.0. The molecule has 2 N–H and O–H groups in total. The van der Waals surface area contributed by atoms with Crippen LogP contribution in [0.25, 0.3) is 0 Å². The second-order valence-electron chi connectivity index (χ2n) is 6.86. The van der Waals surface area contributed by atoms with Crippen LogP contribution >= 0.6 is 0 Å². The summed E-state index contributed by atoms with van der Waals surface area (Å²) >= 11 is 0. The Morgan fingerprint density at radius 3 is 2.37 bits per heavy atom. The maximum absolute atomic E-state index is 10.2. The standard InChI is InChI=1S/C21H27NO5/c1-22-8-7-14-11-17(23)19(25-2)12-15(14)16(22)6-5-13-9-18(24)21(27-4)20(10-13)26-3/h9-12,16,23-24H,5-8H2,1-4H3. The van der Waals surface area contributed by atoms with E-state index in [1.165, 1.54) is 12.7 Å². The number of aryl methyl sites for hydroxylation is 1. The SMILES string of the molecule is COc1cc2c(cc1O)CCN(C)C2CCc1cc(O)c(OC)c(OC)c1. The topological polar surface area (TPSA) is 71.4 Å². The van der Waals surface area contributed by atoms with Gasteiger partial charge in [-0.25, -0.2) is 0 Å². The number of hydrogen-bond acceptors (Lipinski definition) is 6. The van der Waals surface area contributed by atoms with Crippen LogP contribution in [0, 0.1) is 0 Å². The van der Waals surface area contributed by atoms with E-state index in [2.05, 4.69) is 11.9 Å². The molecule has 1 atom stereocenters. The summed E-state index contributed by atoms with van der Waals surface area (Å²) in [5, 5.41) is 20.3. The average Bonchev–Trinajstić information content (AvgIpc) is 2.66. The normalized spacial score (nSPS) is 16.7. The molecule has 1 unspecified atom stereocenters. The van der Waals surface area contributed by atoms with Crippen LogP contribution in [0.5, 0.6) is 28.7 Å². The Bertz CT molecular complexity index is 821. The zero-order valence-electron chi connectivity index (χ0n) is 16.3. The molecule has 0 spiro atoms. The summed E-state index contributed by atoms with van der Waals surface area (Å²) in [6, 6.07) is 7.59. The van der Waals surface area contributed by atoms with Crippen LogP contribution in [0.3, 0.4) is 0 Å². The maximum atomic E-state index is 10.2. The molecule has 27 heavy (non-hydrogen) atoms. The van der Waals surface area contributed by atoms with Crippen molar-refractivity contribution < 1.29 is 24.4 Å². The predicted molar refractivity (Wildman–Crippen MR) is 103 cm³/mol. The first-order valence-electron chi connectivity index (χ1n) is 9.02. The first-order valence-corrected chi connectivity index (χ1v) is 9.02. The zero-order chi connectivity index (χ0) is 19.6. The van der Waals surface area contributed by atoms with Crippen molar-refractivity contribution in [2.75, 3.05) is 34.9 Å². The molecule has 0 saturated carbocycles. The van der Waals surface area contributed by atoms with Gasteiger partial charge in [-0.15, -0.1) is 0 Å². The lowest BCUT2D eigenvalue weighted by Crippen LogP contribution is -2.32. The molecule has 0 aliphatic carbocycles. The minimum atomic E-state index is 0.0795. The molecule has 1 heterocycles. The largest absolute Gasteiger partial charge is 0.504 e. The molecule has 0 saturated heterocycles. The molecule has 0 bridgehead atoms. The number of benzene rings is 2. The molecular formula is C21H27NO5. The van der Waals surface area contributed by atoms with Crippen molar-refractivity contribution >= 4 is 0 Å². The number of likely N-dealkylation sites (N-methyl/N-ethyl adjacent to an activating group) is 1. The summed E-state index contributed by atoms with van der Waals surface area (Å²) in [6.07, 6.45) is 2.54. The van der Waals surface area contributed by atoms with Crippen LogP contribution in [0.1, 0.15) is 29.2 Å². The van der Waals surface area contributed by atoms with Gasteiger partial charge in [-0.05, 0) is 67.3 Å². The van der Waals surface area contributed by atoms with Crippen molar-refractivity contribution in [2.24, 2.45) is 0 Å². The fraction of sp³-hybridized carbons (Fsp3) is 0.429. The van der Waals surface area contributed by atoms with Gasteiger partial charge in [0.2, 0.25) is 5.75 Å². The molecule has 2 aromatic rings. The highest BCUT2D eigenvalue weighted by atomic mass is 16.5. The number of phenols is 2. The number of rotatable bonds is 6. The Labute approximate surface area is 159 Å². The third kappa shape index (κ3) is 3.76. The molecule has 1 aliphatic rings. The van der Waals surface area contributed by atoms with Crippen molar-refractivity contribution in [3.05, 3.63) is 41.0 Å². The molecule has 6 heteroatoms. The summed E-state index contributed by atoms with van der Waals surface area (Å²) in [7, 11) is 6.74.